The number of amides is 1. The summed E-state index contributed by atoms with van der Waals surface area (Å²) >= 11 is 5.75. The first-order chi connectivity index (χ1) is 10.5. The van der Waals surface area contributed by atoms with Gasteiger partial charge in [-0.25, -0.2) is 4.98 Å². The predicted octanol–water partition coefficient (Wildman–Crippen LogP) is 2.42. The minimum absolute atomic E-state index is 0.100. The summed E-state index contributed by atoms with van der Waals surface area (Å²) in [6.07, 6.45) is 5.30. The molecule has 118 valence electrons. The lowest BCUT2D eigenvalue weighted by atomic mass is 10.2. The van der Waals surface area contributed by atoms with Crippen molar-refractivity contribution in [2.45, 2.75) is 32.9 Å². The molecule has 0 aliphatic rings. The van der Waals surface area contributed by atoms with E-state index in [1.807, 2.05) is 30.9 Å². The van der Waals surface area contributed by atoms with Crippen LogP contribution in [-0.4, -0.2) is 33.3 Å². The lowest BCUT2D eigenvalue weighted by Crippen LogP contribution is -2.39. The van der Waals surface area contributed by atoms with E-state index in [4.69, 9.17) is 11.6 Å². The highest BCUT2D eigenvalue weighted by molar-refractivity contribution is 6.30. The third kappa shape index (κ3) is 4.54. The van der Waals surface area contributed by atoms with Crippen LogP contribution in [0.5, 0.6) is 0 Å². The molecule has 0 unspecified atom stereocenters. The normalized spacial score (nSPS) is 13.6. The third-order valence-corrected chi connectivity index (χ3v) is 3.67. The van der Waals surface area contributed by atoms with Gasteiger partial charge in [0, 0.05) is 18.4 Å². The van der Waals surface area contributed by atoms with Gasteiger partial charge in [0.2, 0.25) is 5.91 Å². The Hall–Kier alpha value is -1.92. The van der Waals surface area contributed by atoms with Crippen LogP contribution in [0.25, 0.3) is 0 Å². The number of rotatable bonds is 6. The first-order valence-electron chi connectivity index (χ1n) is 7.11. The van der Waals surface area contributed by atoms with Crippen molar-refractivity contribution in [2.24, 2.45) is 0 Å². The summed E-state index contributed by atoms with van der Waals surface area (Å²) in [6.45, 7) is 6.29. The van der Waals surface area contributed by atoms with E-state index >= 15 is 0 Å². The van der Waals surface area contributed by atoms with Gasteiger partial charge in [-0.1, -0.05) is 11.6 Å². The Morgan fingerprint density at radius 1 is 1.36 bits per heavy atom. The average molecular weight is 322 g/mol. The lowest BCUT2D eigenvalue weighted by molar-refractivity contribution is -0.115. The number of carbonyl (C=O) groups is 1. The van der Waals surface area contributed by atoms with Gasteiger partial charge in [0.15, 0.2) is 0 Å². The molecule has 0 spiro atoms. The van der Waals surface area contributed by atoms with E-state index in [9.17, 15) is 4.79 Å². The van der Waals surface area contributed by atoms with E-state index in [-0.39, 0.29) is 24.5 Å². The van der Waals surface area contributed by atoms with Crippen LogP contribution in [0.1, 0.15) is 25.5 Å². The molecule has 2 atom stereocenters. The Kier molecular flexibility index (Phi) is 5.51. The Morgan fingerprint density at radius 2 is 2.14 bits per heavy atom. The van der Waals surface area contributed by atoms with Crippen LogP contribution in [-0.2, 0) is 4.79 Å². The topological polar surface area (TPSA) is 71.8 Å². The van der Waals surface area contributed by atoms with Crippen LogP contribution in [0.2, 0.25) is 5.02 Å². The molecule has 0 bridgehead atoms. The van der Waals surface area contributed by atoms with Crippen LogP contribution in [0.3, 0.4) is 0 Å². The number of hydrogen-bond donors (Lipinski definition) is 2. The monoisotopic (exact) mass is 321 g/mol. The van der Waals surface area contributed by atoms with Crippen molar-refractivity contribution in [3.8, 4) is 0 Å². The van der Waals surface area contributed by atoms with Crippen LogP contribution in [0.4, 0.5) is 5.82 Å². The maximum absolute atomic E-state index is 11.9. The van der Waals surface area contributed by atoms with E-state index in [0.29, 0.717) is 10.8 Å². The molecule has 0 aliphatic carbocycles. The molecule has 2 aromatic heterocycles. The predicted molar refractivity (Wildman–Crippen MR) is 87.0 cm³/mol. The fraction of sp³-hybridized carbons (Fsp3) is 0.400. The number of aromatic nitrogens is 3. The largest absolute Gasteiger partial charge is 0.310 e. The minimum atomic E-state index is -0.148. The molecule has 2 rings (SSSR count). The second-order valence-corrected chi connectivity index (χ2v) is 5.75. The molecule has 0 saturated heterocycles. The third-order valence-electron chi connectivity index (χ3n) is 3.45. The van der Waals surface area contributed by atoms with Crippen LogP contribution in [0, 0.1) is 6.92 Å². The van der Waals surface area contributed by atoms with Crippen molar-refractivity contribution in [1.82, 2.24) is 20.1 Å². The summed E-state index contributed by atoms with van der Waals surface area (Å²) in [5.74, 6) is 0.338. The lowest BCUT2D eigenvalue weighted by Gasteiger charge is -2.21. The Balaban J connectivity index is 1.81. The minimum Gasteiger partial charge on any atom is -0.310 e. The molecule has 7 heteroatoms. The summed E-state index contributed by atoms with van der Waals surface area (Å²) in [5.41, 5.74) is 1.12. The fourth-order valence-corrected chi connectivity index (χ4v) is 2.06. The molecule has 0 fully saturated rings. The van der Waals surface area contributed by atoms with E-state index in [2.05, 4.69) is 27.6 Å². The maximum Gasteiger partial charge on any atom is 0.239 e. The van der Waals surface area contributed by atoms with Crippen molar-refractivity contribution in [3.05, 3.63) is 41.3 Å². The number of anilines is 1. The highest BCUT2D eigenvalue weighted by Gasteiger charge is 2.15. The standard InChI is InChI=1S/C15H20ClN5O/c1-10-6-19-21(9-10)12(3)11(2)17-8-15(22)20-14-5-4-13(16)7-18-14/h4-7,9,11-12,17H,8H2,1-3H3,(H,18,20,22)/t11-,12+/m0/s1. The van der Waals surface area contributed by atoms with Gasteiger partial charge in [-0.05, 0) is 38.5 Å². The smallest absolute Gasteiger partial charge is 0.239 e. The number of nitrogens with zero attached hydrogens (tertiary/aromatic N) is 3. The van der Waals surface area contributed by atoms with Crippen molar-refractivity contribution in [1.29, 1.82) is 0 Å². The van der Waals surface area contributed by atoms with E-state index in [1.54, 1.807) is 12.1 Å². The molecule has 0 aromatic carbocycles. The Bertz CT molecular complexity index is 625. The fourth-order valence-electron chi connectivity index (χ4n) is 1.95. The molecular weight excluding hydrogens is 302 g/mol. The molecule has 0 saturated carbocycles. The van der Waals surface area contributed by atoms with Crippen molar-refractivity contribution >= 4 is 23.3 Å². The summed E-state index contributed by atoms with van der Waals surface area (Å²) in [7, 11) is 0. The number of nitrogens with one attached hydrogen (secondary N) is 2. The van der Waals surface area contributed by atoms with E-state index < -0.39 is 0 Å². The van der Waals surface area contributed by atoms with E-state index in [0.717, 1.165) is 5.56 Å². The first kappa shape index (κ1) is 16.5. The second-order valence-electron chi connectivity index (χ2n) is 5.32. The number of aryl methyl sites for hydroxylation is 1. The summed E-state index contributed by atoms with van der Waals surface area (Å²) in [5, 5.41) is 10.7. The van der Waals surface area contributed by atoms with E-state index in [1.165, 1.54) is 6.20 Å². The molecule has 1 amide bonds. The molecule has 0 aliphatic heterocycles. The first-order valence-corrected chi connectivity index (χ1v) is 7.49. The number of halogens is 1. The van der Waals surface area contributed by atoms with Gasteiger partial charge >= 0.3 is 0 Å². The highest BCUT2D eigenvalue weighted by Crippen LogP contribution is 2.11. The molecule has 0 radical (unpaired) electrons. The number of hydrogen-bond acceptors (Lipinski definition) is 4. The zero-order valence-corrected chi connectivity index (χ0v) is 13.6. The number of pyridine rings is 1. The molecule has 2 N–H and O–H groups in total. The van der Waals surface area contributed by atoms with Crippen molar-refractivity contribution < 1.29 is 4.79 Å². The summed E-state index contributed by atoms with van der Waals surface area (Å²) < 4.78 is 1.89. The van der Waals surface area contributed by atoms with Gasteiger partial charge in [0.05, 0.1) is 23.8 Å². The molecular formula is C15H20ClN5O. The zero-order chi connectivity index (χ0) is 16.1. The molecule has 6 nitrogen and oxygen atoms in total. The number of carbonyl (C=O) groups excluding carboxylic acids is 1. The van der Waals surface area contributed by atoms with Crippen LogP contribution >= 0.6 is 11.6 Å². The molecule has 22 heavy (non-hydrogen) atoms. The second kappa shape index (κ2) is 7.38. The average Bonchev–Trinajstić information content (AvgIpc) is 2.93. The quantitative estimate of drug-likeness (QED) is 0.857. The summed E-state index contributed by atoms with van der Waals surface area (Å²) in [6, 6.07) is 3.60. The molecule has 2 heterocycles. The van der Waals surface area contributed by atoms with Gasteiger partial charge in [-0.15, -0.1) is 0 Å². The van der Waals surface area contributed by atoms with Gasteiger partial charge < -0.3 is 10.6 Å². The van der Waals surface area contributed by atoms with Gasteiger partial charge in [0.1, 0.15) is 5.82 Å². The Morgan fingerprint density at radius 3 is 2.73 bits per heavy atom. The van der Waals surface area contributed by atoms with Gasteiger partial charge in [0.25, 0.3) is 0 Å². The van der Waals surface area contributed by atoms with Crippen molar-refractivity contribution in [2.75, 3.05) is 11.9 Å². The SMILES string of the molecule is Cc1cnn([C@H](C)[C@H](C)NCC(=O)Nc2ccc(Cl)cn2)c1. The zero-order valence-electron chi connectivity index (χ0n) is 12.9. The van der Waals surface area contributed by atoms with Crippen molar-refractivity contribution in [3.63, 3.8) is 0 Å². The highest BCUT2D eigenvalue weighted by atomic mass is 35.5. The van der Waals surface area contributed by atoms with Gasteiger partial charge in [-0.2, -0.15) is 5.10 Å². The Labute approximate surface area is 134 Å². The maximum atomic E-state index is 11.9. The van der Waals surface area contributed by atoms with Gasteiger partial charge in [-0.3, -0.25) is 9.48 Å². The van der Waals surface area contributed by atoms with Crippen LogP contribution < -0.4 is 10.6 Å². The molecule has 2 aromatic rings. The summed E-state index contributed by atoms with van der Waals surface area (Å²) in [4.78, 5) is 15.9. The van der Waals surface area contributed by atoms with Crippen LogP contribution in [0.15, 0.2) is 30.7 Å².